The Morgan fingerprint density at radius 1 is 1.19 bits per heavy atom. The van der Waals surface area contributed by atoms with Crippen LogP contribution in [-0.4, -0.2) is 14.3 Å². The van der Waals surface area contributed by atoms with Crippen LogP contribution in [0, 0.1) is 5.92 Å². The molecular weight excluding hydrogens is 310 g/mol. The molecule has 0 saturated carbocycles. The fourth-order valence-electron chi connectivity index (χ4n) is 2.03. The molecule has 0 aliphatic heterocycles. The summed E-state index contributed by atoms with van der Waals surface area (Å²) >= 11 is 0. The van der Waals surface area contributed by atoms with Crippen molar-refractivity contribution in [3.8, 4) is 0 Å². The predicted molar refractivity (Wildman–Crippen MR) is 86.3 cm³/mol. The van der Waals surface area contributed by atoms with Crippen molar-refractivity contribution in [3.63, 3.8) is 0 Å². The summed E-state index contributed by atoms with van der Waals surface area (Å²) in [6, 6.07) is 3.07. The number of halogens is 1. The number of hydrogen-bond acceptors (Lipinski definition) is 3. The van der Waals surface area contributed by atoms with Crippen LogP contribution in [0.5, 0.6) is 0 Å². The monoisotopic (exact) mass is 331 g/mol. The van der Waals surface area contributed by atoms with Crippen molar-refractivity contribution in [1.29, 1.82) is 0 Å². The lowest BCUT2D eigenvalue weighted by molar-refractivity contribution is -0.119. The van der Waals surface area contributed by atoms with Crippen LogP contribution < -0.4 is 5.32 Å². The molecule has 0 aromatic heterocycles. The molecule has 0 fully saturated rings. The molecule has 0 heterocycles. The summed E-state index contributed by atoms with van der Waals surface area (Å²) in [7, 11) is 1.66. The largest absolute Gasteiger partial charge is 0.325 e. The van der Waals surface area contributed by atoms with Crippen LogP contribution in [0.15, 0.2) is 17.0 Å². The summed E-state index contributed by atoms with van der Waals surface area (Å²) in [6.07, 6.45) is 1.98. The van der Waals surface area contributed by atoms with Gasteiger partial charge in [-0.25, -0.2) is 8.42 Å². The maximum atomic E-state index is 12.1. The Morgan fingerprint density at radius 2 is 1.67 bits per heavy atom. The topological polar surface area (TPSA) is 63.2 Å². The molecular formula is C15H22ClNO3S. The second-order valence-electron chi connectivity index (χ2n) is 5.06. The second-order valence-corrected chi connectivity index (χ2v) is 7.63. The Labute approximate surface area is 131 Å². The maximum Gasteiger partial charge on any atom is 0.261 e. The van der Waals surface area contributed by atoms with Crippen molar-refractivity contribution < 1.29 is 13.2 Å². The Kier molecular flexibility index (Phi) is 6.23. The zero-order valence-corrected chi connectivity index (χ0v) is 14.4. The van der Waals surface area contributed by atoms with E-state index >= 15 is 0 Å². The molecule has 0 aliphatic carbocycles. The summed E-state index contributed by atoms with van der Waals surface area (Å²) in [5.41, 5.74) is 2.28. The zero-order valence-electron chi connectivity index (χ0n) is 12.9. The van der Waals surface area contributed by atoms with Gasteiger partial charge in [0, 0.05) is 22.3 Å². The summed E-state index contributed by atoms with van der Waals surface area (Å²) in [5.74, 6) is -0.140. The molecule has 1 unspecified atom stereocenters. The molecule has 0 spiro atoms. The van der Waals surface area contributed by atoms with E-state index in [0.717, 1.165) is 23.2 Å². The highest BCUT2D eigenvalue weighted by Gasteiger charge is 2.19. The summed E-state index contributed by atoms with van der Waals surface area (Å²) in [5, 5.41) is 2.93. The Hall–Kier alpha value is -1.07. The van der Waals surface area contributed by atoms with Crippen molar-refractivity contribution in [2.75, 3.05) is 5.32 Å². The third kappa shape index (κ3) is 4.45. The summed E-state index contributed by atoms with van der Waals surface area (Å²) < 4.78 is 23.1. The Morgan fingerprint density at radius 3 is 2.00 bits per heavy atom. The lowest BCUT2D eigenvalue weighted by Gasteiger charge is -2.18. The number of carbonyl (C=O) groups is 1. The first-order valence-corrected chi connectivity index (χ1v) is 9.46. The molecule has 6 heteroatoms. The first-order valence-electron chi connectivity index (χ1n) is 7.15. The highest BCUT2D eigenvalue weighted by atomic mass is 35.7. The molecule has 4 nitrogen and oxygen atoms in total. The van der Waals surface area contributed by atoms with E-state index in [2.05, 4.69) is 5.32 Å². The number of hydrogen-bond donors (Lipinski definition) is 1. The molecule has 1 amide bonds. The van der Waals surface area contributed by atoms with Gasteiger partial charge >= 0.3 is 0 Å². The fourth-order valence-corrected chi connectivity index (χ4v) is 2.86. The van der Waals surface area contributed by atoms with Crippen LogP contribution in [0.2, 0.25) is 0 Å². The van der Waals surface area contributed by atoms with Crippen LogP contribution >= 0.6 is 10.7 Å². The van der Waals surface area contributed by atoms with E-state index in [1.165, 1.54) is 12.1 Å². The van der Waals surface area contributed by atoms with Crippen molar-refractivity contribution >= 4 is 31.3 Å². The average Bonchev–Trinajstić information content (AvgIpc) is 2.44. The van der Waals surface area contributed by atoms with Gasteiger partial charge in [-0.15, -0.1) is 0 Å². The Balaban J connectivity index is 3.34. The minimum atomic E-state index is -3.77. The van der Waals surface area contributed by atoms with E-state index in [-0.39, 0.29) is 16.7 Å². The molecule has 21 heavy (non-hydrogen) atoms. The van der Waals surface area contributed by atoms with Gasteiger partial charge in [-0.3, -0.25) is 4.79 Å². The molecule has 0 radical (unpaired) electrons. The van der Waals surface area contributed by atoms with Gasteiger partial charge < -0.3 is 5.32 Å². The van der Waals surface area contributed by atoms with Gasteiger partial charge in [0.25, 0.3) is 9.05 Å². The molecule has 1 aromatic carbocycles. The normalized spacial score (nSPS) is 13.0. The van der Waals surface area contributed by atoms with Crippen LogP contribution in [-0.2, 0) is 26.7 Å². The number of rotatable bonds is 6. The standard InChI is InChI=1S/C15H22ClNO3S/c1-5-10(4)15(18)17-14-11(6-2)8-13(21(16,19)20)9-12(14)7-3/h8-10H,5-7H2,1-4H3,(H,17,18). The van der Waals surface area contributed by atoms with Gasteiger partial charge in [-0.05, 0) is 42.5 Å². The van der Waals surface area contributed by atoms with E-state index in [1.807, 2.05) is 27.7 Å². The van der Waals surface area contributed by atoms with E-state index in [4.69, 9.17) is 10.7 Å². The van der Waals surface area contributed by atoms with E-state index < -0.39 is 9.05 Å². The smallest absolute Gasteiger partial charge is 0.261 e. The van der Waals surface area contributed by atoms with E-state index in [0.29, 0.717) is 12.8 Å². The molecule has 1 N–H and O–H groups in total. The number of anilines is 1. The number of amides is 1. The Bertz CT molecular complexity index is 601. The van der Waals surface area contributed by atoms with Crippen LogP contribution in [0.4, 0.5) is 5.69 Å². The minimum Gasteiger partial charge on any atom is -0.325 e. The van der Waals surface area contributed by atoms with Crippen LogP contribution in [0.25, 0.3) is 0 Å². The lowest BCUT2D eigenvalue weighted by Crippen LogP contribution is -2.21. The quantitative estimate of drug-likeness (QED) is 0.808. The van der Waals surface area contributed by atoms with E-state index in [9.17, 15) is 13.2 Å². The van der Waals surface area contributed by atoms with Gasteiger partial charge in [-0.1, -0.05) is 27.7 Å². The van der Waals surface area contributed by atoms with Gasteiger partial charge in [-0.2, -0.15) is 0 Å². The third-order valence-corrected chi connectivity index (χ3v) is 4.96. The average molecular weight is 332 g/mol. The lowest BCUT2D eigenvalue weighted by atomic mass is 10.0. The van der Waals surface area contributed by atoms with Gasteiger partial charge in [0.05, 0.1) is 4.90 Å². The highest BCUT2D eigenvalue weighted by Crippen LogP contribution is 2.29. The minimum absolute atomic E-state index is 0.0524. The number of aryl methyl sites for hydroxylation is 2. The molecule has 118 valence electrons. The molecule has 0 bridgehead atoms. The van der Waals surface area contributed by atoms with Gasteiger partial charge in [0.15, 0.2) is 0 Å². The first-order chi connectivity index (χ1) is 9.74. The predicted octanol–water partition coefficient (Wildman–Crippen LogP) is 3.72. The molecule has 1 atom stereocenters. The molecule has 1 rings (SSSR count). The third-order valence-electron chi connectivity index (χ3n) is 3.63. The SMILES string of the molecule is CCc1cc(S(=O)(=O)Cl)cc(CC)c1NC(=O)C(C)CC. The van der Waals surface area contributed by atoms with Crippen LogP contribution in [0.3, 0.4) is 0 Å². The first kappa shape index (κ1) is 18.0. The molecule has 0 aliphatic rings. The number of benzene rings is 1. The summed E-state index contributed by atoms with van der Waals surface area (Å²) in [6.45, 7) is 7.65. The van der Waals surface area contributed by atoms with Crippen molar-refractivity contribution in [2.45, 2.75) is 51.9 Å². The van der Waals surface area contributed by atoms with Crippen molar-refractivity contribution in [3.05, 3.63) is 23.3 Å². The van der Waals surface area contributed by atoms with Crippen molar-refractivity contribution in [1.82, 2.24) is 0 Å². The number of carbonyl (C=O) groups excluding carboxylic acids is 1. The fraction of sp³-hybridized carbons (Fsp3) is 0.533. The number of nitrogens with one attached hydrogen (secondary N) is 1. The second kappa shape index (κ2) is 7.27. The van der Waals surface area contributed by atoms with Gasteiger partial charge in [0.2, 0.25) is 5.91 Å². The highest BCUT2D eigenvalue weighted by molar-refractivity contribution is 8.13. The molecule has 1 aromatic rings. The van der Waals surface area contributed by atoms with E-state index in [1.54, 1.807) is 0 Å². The van der Waals surface area contributed by atoms with Crippen molar-refractivity contribution in [2.24, 2.45) is 5.92 Å². The summed E-state index contributed by atoms with van der Waals surface area (Å²) in [4.78, 5) is 12.2. The van der Waals surface area contributed by atoms with Gasteiger partial charge in [0.1, 0.15) is 0 Å². The maximum absolute atomic E-state index is 12.1. The zero-order chi connectivity index (χ0) is 16.2. The van der Waals surface area contributed by atoms with Crippen LogP contribution in [0.1, 0.15) is 45.2 Å². The molecule has 0 saturated heterocycles.